The Morgan fingerprint density at radius 3 is 1.02 bits per heavy atom. The molecule has 18 heteroatoms. The molecule has 57 heavy (non-hydrogen) atoms. The maximum atomic E-state index is 11.2. The second kappa shape index (κ2) is 27.1. The predicted molar refractivity (Wildman–Crippen MR) is 229 cm³/mol. The molecule has 0 saturated carbocycles. The zero-order valence-electron chi connectivity index (χ0n) is 35.6. The molecule has 15 nitrogen and oxygen atoms in total. The van der Waals surface area contributed by atoms with Crippen molar-refractivity contribution in [2.75, 3.05) is 76.9 Å². The molecule has 0 spiro atoms. The molecule has 3 amide bonds. The molecule has 0 fully saturated rings. The first-order chi connectivity index (χ1) is 27.2. The number of nitrogens with one attached hydrogen (secondary N) is 3. The number of benzene rings is 3. The van der Waals surface area contributed by atoms with Crippen LogP contribution in [-0.2, 0) is 54.2 Å². The summed E-state index contributed by atoms with van der Waals surface area (Å²) in [6, 6.07) is 22.2. The quantitative estimate of drug-likeness (QED) is 0.128. The lowest BCUT2D eigenvalue weighted by Crippen LogP contribution is -2.56. The van der Waals surface area contributed by atoms with Gasteiger partial charge in [-0.3, -0.25) is 14.4 Å². The van der Waals surface area contributed by atoms with E-state index >= 15 is 0 Å². The minimum atomic E-state index is -2.91. The van der Waals surface area contributed by atoms with Gasteiger partial charge in [-0.2, -0.15) is 0 Å². The molecule has 0 radical (unpaired) electrons. The van der Waals surface area contributed by atoms with Crippen molar-refractivity contribution in [2.24, 2.45) is 0 Å². The monoisotopic (exact) mass is 849 g/mol. The van der Waals surface area contributed by atoms with Gasteiger partial charge in [0.05, 0.1) is 0 Å². The average molecular weight is 850 g/mol. The Labute approximate surface area is 342 Å². The highest BCUT2D eigenvalue weighted by Crippen LogP contribution is 2.16. The van der Waals surface area contributed by atoms with Gasteiger partial charge in [-0.05, 0) is 77.9 Å². The molecule has 0 aromatic heterocycles. The normalized spacial score (nSPS) is 11.4. The van der Waals surface area contributed by atoms with Crippen LogP contribution in [0.3, 0.4) is 0 Å². The maximum absolute atomic E-state index is 11.2. The summed E-state index contributed by atoms with van der Waals surface area (Å²) in [5, 5.41) is 10.8. The lowest BCUT2D eigenvalue weighted by molar-refractivity contribution is -0.115. The van der Waals surface area contributed by atoms with Crippen molar-refractivity contribution < 1.29 is 54.2 Å². The lowest BCUT2D eigenvalue weighted by atomic mass is 10.3. The highest BCUT2D eigenvalue weighted by Gasteiger charge is 2.44. The fourth-order valence-corrected chi connectivity index (χ4v) is 12.3. The van der Waals surface area contributed by atoms with E-state index in [1.54, 1.807) is 33.5 Å². The van der Waals surface area contributed by atoms with E-state index in [4.69, 9.17) is 39.8 Å². The predicted octanol–water partition coefficient (Wildman–Crippen LogP) is 4.53. The van der Waals surface area contributed by atoms with Crippen molar-refractivity contribution >= 4 is 76.8 Å². The molecule has 0 aliphatic heterocycles. The van der Waals surface area contributed by atoms with Gasteiger partial charge in [-0.15, -0.1) is 0 Å². The standard InChI is InChI=1S/2C14H23NO4Si.C11H17NO4Si/c1-5-17-20(18-6-2,19-7-3)14-10-8-13(9-11-14)15-12(4)16;1-5-17-20(18-6-2,19-7-3)14-10-8-9-13(11-14)15-12(4)16;1-9(13)12-10-6-5-7-11(8-10)17(14-2,15-3)16-4/h2*8-11H,5-7H2,1-4H3,(H,15,16);5-8H,1-4H3,(H,12,13). The molecule has 0 unspecified atom stereocenters. The molecule has 0 aliphatic carbocycles. The summed E-state index contributed by atoms with van der Waals surface area (Å²) in [4.78, 5) is 33.2. The average Bonchev–Trinajstić information content (AvgIpc) is 3.17. The third-order valence-electron chi connectivity index (χ3n) is 7.44. The molecule has 0 saturated heterocycles. The van der Waals surface area contributed by atoms with Crippen LogP contribution in [0.25, 0.3) is 0 Å². The van der Waals surface area contributed by atoms with E-state index in [-0.39, 0.29) is 17.7 Å². The van der Waals surface area contributed by atoms with Crippen LogP contribution in [0, 0.1) is 0 Å². The van der Waals surface area contributed by atoms with E-state index in [0.717, 1.165) is 21.2 Å². The van der Waals surface area contributed by atoms with Crippen molar-refractivity contribution in [3.8, 4) is 0 Å². The van der Waals surface area contributed by atoms with Gasteiger partial charge in [-0.25, -0.2) is 0 Å². The molecule has 3 aromatic rings. The van der Waals surface area contributed by atoms with Crippen LogP contribution in [0.5, 0.6) is 0 Å². The molecule has 3 aromatic carbocycles. The first-order valence-corrected chi connectivity index (χ1v) is 24.0. The van der Waals surface area contributed by atoms with Gasteiger partial charge in [0.25, 0.3) is 0 Å². The molecular formula is C39H63N3O12Si3. The summed E-state index contributed by atoms with van der Waals surface area (Å²) in [6.45, 7) is 19.0. The maximum Gasteiger partial charge on any atom is 0.537 e. The Bertz CT molecular complexity index is 1590. The lowest BCUT2D eigenvalue weighted by Gasteiger charge is -2.28. The SMILES string of the molecule is CCO[Si](OCC)(OCC)c1ccc(NC(C)=O)cc1.CCO[Si](OCC)(OCC)c1cccc(NC(C)=O)c1.CO[Si](OC)(OC)c1cccc(NC(C)=O)c1. The molecule has 318 valence electrons. The molecule has 3 N–H and O–H groups in total. The first kappa shape index (κ1) is 51.4. The zero-order valence-corrected chi connectivity index (χ0v) is 38.6. The van der Waals surface area contributed by atoms with E-state index < -0.39 is 26.4 Å². The summed E-state index contributed by atoms with van der Waals surface area (Å²) in [6.07, 6.45) is 0. The van der Waals surface area contributed by atoms with Crippen LogP contribution in [-0.4, -0.2) is 105 Å². The Morgan fingerprint density at radius 2 is 0.719 bits per heavy atom. The van der Waals surface area contributed by atoms with Gasteiger partial charge in [0, 0.05) is 114 Å². The van der Waals surface area contributed by atoms with Crippen molar-refractivity contribution in [3.05, 3.63) is 72.8 Å². The topological polar surface area (TPSA) is 170 Å². The molecule has 0 aliphatic rings. The third kappa shape index (κ3) is 16.6. The fraction of sp³-hybridized carbons (Fsp3) is 0.462. The second-order valence-electron chi connectivity index (χ2n) is 11.7. The minimum Gasteiger partial charge on any atom is -0.373 e. The number of anilines is 3. The highest BCUT2D eigenvalue weighted by atomic mass is 28.4. The van der Waals surface area contributed by atoms with Crippen molar-refractivity contribution in [1.29, 1.82) is 0 Å². The van der Waals surface area contributed by atoms with E-state index in [1.165, 1.54) is 20.8 Å². The molecule has 3 rings (SSSR count). The minimum absolute atomic E-state index is 0.0966. The number of carbonyl (C=O) groups is 3. The van der Waals surface area contributed by atoms with E-state index in [1.807, 2.05) is 102 Å². The Kier molecular flexibility index (Phi) is 24.4. The Balaban J connectivity index is 0.000000429. The zero-order chi connectivity index (χ0) is 42.9. The molecular weight excluding hydrogens is 787 g/mol. The van der Waals surface area contributed by atoms with Crippen LogP contribution in [0.1, 0.15) is 62.3 Å². The van der Waals surface area contributed by atoms with Crippen LogP contribution < -0.4 is 31.5 Å². The number of amides is 3. The van der Waals surface area contributed by atoms with Gasteiger partial charge in [-0.1, -0.05) is 36.4 Å². The van der Waals surface area contributed by atoms with Gasteiger partial charge in [0.15, 0.2) is 0 Å². The summed E-state index contributed by atoms with van der Waals surface area (Å²) in [7, 11) is -3.94. The molecule has 0 atom stereocenters. The van der Waals surface area contributed by atoms with Gasteiger partial charge in [0.2, 0.25) is 17.7 Å². The van der Waals surface area contributed by atoms with Crippen LogP contribution in [0.2, 0.25) is 0 Å². The van der Waals surface area contributed by atoms with Gasteiger partial charge >= 0.3 is 26.4 Å². The summed E-state index contributed by atoms with van der Waals surface area (Å²) >= 11 is 0. The molecule has 0 heterocycles. The molecule has 0 bridgehead atoms. The smallest absolute Gasteiger partial charge is 0.373 e. The van der Waals surface area contributed by atoms with E-state index in [0.29, 0.717) is 51.0 Å². The number of hydrogen-bond donors (Lipinski definition) is 3. The number of carbonyl (C=O) groups excluding carboxylic acids is 3. The number of hydrogen-bond acceptors (Lipinski definition) is 12. The third-order valence-corrected chi connectivity index (χ3v) is 16.1. The van der Waals surface area contributed by atoms with Crippen LogP contribution in [0.4, 0.5) is 17.1 Å². The van der Waals surface area contributed by atoms with Gasteiger partial charge in [0.1, 0.15) is 0 Å². The van der Waals surface area contributed by atoms with E-state index in [9.17, 15) is 14.4 Å². The number of rotatable bonds is 21. The van der Waals surface area contributed by atoms with Crippen molar-refractivity contribution in [2.45, 2.75) is 62.3 Å². The summed E-state index contributed by atoms with van der Waals surface area (Å²) in [5.74, 6) is -0.332. The second-order valence-corrected chi connectivity index (χ2v) is 19.7. The Morgan fingerprint density at radius 1 is 0.421 bits per heavy atom. The fourth-order valence-electron chi connectivity index (χ4n) is 5.44. The van der Waals surface area contributed by atoms with Crippen LogP contribution >= 0.6 is 0 Å². The Hall–Kier alpha value is -3.64. The van der Waals surface area contributed by atoms with Gasteiger partial charge < -0.3 is 55.8 Å². The summed E-state index contributed by atoms with van der Waals surface area (Å²) < 4.78 is 51.1. The van der Waals surface area contributed by atoms with Crippen molar-refractivity contribution in [3.63, 3.8) is 0 Å². The highest BCUT2D eigenvalue weighted by molar-refractivity contribution is 6.76. The van der Waals surface area contributed by atoms with Crippen LogP contribution in [0.15, 0.2) is 72.8 Å². The first-order valence-electron chi connectivity index (χ1n) is 18.9. The largest absolute Gasteiger partial charge is 0.537 e. The van der Waals surface area contributed by atoms with E-state index in [2.05, 4.69) is 16.0 Å². The summed E-state index contributed by atoms with van der Waals surface area (Å²) in [5.41, 5.74) is 2.15. The van der Waals surface area contributed by atoms with Crippen molar-refractivity contribution in [1.82, 2.24) is 0 Å².